The smallest absolute Gasteiger partial charge is 0.410 e. The van der Waals surface area contributed by atoms with E-state index in [2.05, 4.69) is 39.8 Å². The average Bonchev–Trinajstić information content (AvgIpc) is 3.21. The molecule has 2 unspecified atom stereocenters. The molecule has 2 aromatic heterocycles. The third-order valence-corrected chi connectivity index (χ3v) is 7.00. The number of piperazine rings is 1. The molecule has 6 heteroatoms. The minimum atomic E-state index is -0.456. The van der Waals surface area contributed by atoms with Gasteiger partial charge in [-0.15, -0.1) is 0 Å². The molecule has 6 nitrogen and oxygen atoms in total. The van der Waals surface area contributed by atoms with Crippen LogP contribution < -0.4 is 4.90 Å². The van der Waals surface area contributed by atoms with Crippen molar-refractivity contribution in [3.05, 3.63) is 30.1 Å². The molecule has 0 radical (unpaired) electrons. The summed E-state index contributed by atoms with van der Waals surface area (Å²) < 4.78 is 7.60. The first kappa shape index (κ1) is 22.9. The second kappa shape index (κ2) is 9.72. The van der Waals surface area contributed by atoms with Gasteiger partial charge in [-0.3, -0.25) is 0 Å². The standard InChI is InChI=1S/C26H40N4O2/c1-20-8-5-6-10-21(11-7-9-20)22-18-24-23(12-13-27-30(24)19-22)28-14-16-29(17-15-28)25(31)32-26(2,3)4/h12-13,18-21H,5-11,14-17H2,1-4H3. The Morgan fingerprint density at radius 2 is 1.72 bits per heavy atom. The van der Waals surface area contributed by atoms with E-state index in [0.717, 1.165) is 19.0 Å². The molecule has 2 aromatic rings. The molecule has 0 N–H and O–H groups in total. The van der Waals surface area contributed by atoms with Crippen molar-refractivity contribution in [2.75, 3.05) is 31.1 Å². The van der Waals surface area contributed by atoms with E-state index in [1.54, 1.807) is 0 Å². The normalized spacial score (nSPS) is 23.5. The van der Waals surface area contributed by atoms with Crippen LogP contribution in [0, 0.1) is 5.92 Å². The van der Waals surface area contributed by atoms with Crippen LogP contribution in [-0.2, 0) is 4.74 Å². The topological polar surface area (TPSA) is 50.1 Å². The van der Waals surface area contributed by atoms with Crippen molar-refractivity contribution in [2.24, 2.45) is 5.92 Å². The number of nitrogens with zero attached hydrogens (tertiary/aromatic N) is 4. The molecule has 0 aromatic carbocycles. The predicted octanol–water partition coefficient (Wildman–Crippen LogP) is 5.86. The van der Waals surface area contributed by atoms with E-state index in [9.17, 15) is 4.79 Å². The van der Waals surface area contributed by atoms with Gasteiger partial charge in [0, 0.05) is 38.6 Å². The van der Waals surface area contributed by atoms with E-state index in [4.69, 9.17) is 4.74 Å². The Labute approximate surface area is 192 Å². The van der Waals surface area contributed by atoms with Gasteiger partial charge in [0.1, 0.15) is 5.60 Å². The number of ether oxygens (including phenoxy) is 1. The van der Waals surface area contributed by atoms with Crippen molar-refractivity contribution < 1.29 is 9.53 Å². The highest BCUT2D eigenvalue weighted by molar-refractivity contribution is 5.74. The number of carbonyl (C=O) groups excluding carboxylic acids is 1. The lowest BCUT2D eigenvalue weighted by Gasteiger charge is -2.36. The van der Waals surface area contributed by atoms with Crippen LogP contribution in [0.3, 0.4) is 0 Å². The lowest BCUT2D eigenvalue weighted by atomic mass is 9.91. The molecule has 32 heavy (non-hydrogen) atoms. The zero-order chi connectivity index (χ0) is 22.7. The Bertz CT molecular complexity index is 908. The number of aromatic nitrogens is 2. The summed E-state index contributed by atoms with van der Waals surface area (Å²) in [6, 6.07) is 4.49. The van der Waals surface area contributed by atoms with Gasteiger partial charge in [0.05, 0.1) is 11.2 Å². The second-order valence-corrected chi connectivity index (χ2v) is 10.8. The molecule has 176 valence electrons. The first-order valence-electron chi connectivity index (χ1n) is 12.5. The Morgan fingerprint density at radius 3 is 2.47 bits per heavy atom. The molecule has 2 aliphatic rings. The van der Waals surface area contributed by atoms with Gasteiger partial charge in [-0.25, -0.2) is 9.31 Å². The van der Waals surface area contributed by atoms with Gasteiger partial charge >= 0.3 is 6.09 Å². The van der Waals surface area contributed by atoms with Crippen LogP contribution in [0.4, 0.5) is 10.5 Å². The maximum Gasteiger partial charge on any atom is 0.410 e. The summed E-state index contributed by atoms with van der Waals surface area (Å²) in [7, 11) is 0. The lowest BCUT2D eigenvalue weighted by Crippen LogP contribution is -2.50. The van der Waals surface area contributed by atoms with Crippen molar-refractivity contribution in [1.82, 2.24) is 14.5 Å². The summed E-state index contributed by atoms with van der Waals surface area (Å²) in [6.07, 6.45) is 13.3. The van der Waals surface area contributed by atoms with Crippen LogP contribution in [0.1, 0.15) is 84.1 Å². The summed E-state index contributed by atoms with van der Waals surface area (Å²) in [4.78, 5) is 16.6. The van der Waals surface area contributed by atoms with Crippen LogP contribution in [0.25, 0.3) is 5.52 Å². The number of amides is 1. The molecule has 1 aliphatic carbocycles. The molecular weight excluding hydrogens is 400 g/mol. The largest absolute Gasteiger partial charge is 0.444 e. The Balaban J connectivity index is 1.46. The van der Waals surface area contributed by atoms with Crippen LogP contribution in [0.5, 0.6) is 0 Å². The Morgan fingerprint density at radius 1 is 1.03 bits per heavy atom. The zero-order valence-electron chi connectivity index (χ0n) is 20.3. The predicted molar refractivity (Wildman–Crippen MR) is 129 cm³/mol. The molecule has 1 aliphatic heterocycles. The van der Waals surface area contributed by atoms with Crippen molar-refractivity contribution in [1.29, 1.82) is 0 Å². The van der Waals surface area contributed by atoms with Crippen molar-refractivity contribution >= 4 is 17.3 Å². The molecule has 1 saturated heterocycles. The molecule has 3 heterocycles. The van der Waals surface area contributed by atoms with Gasteiger partial charge < -0.3 is 14.5 Å². The van der Waals surface area contributed by atoms with E-state index in [1.807, 2.05) is 31.9 Å². The third-order valence-electron chi connectivity index (χ3n) is 7.00. The Kier molecular flexibility index (Phi) is 6.96. The van der Waals surface area contributed by atoms with Gasteiger partial charge in [-0.1, -0.05) is 39.0 Å². The second-order valence-electron chi connectivity index (χ2n) is 10.8. The van der Waals surface area contributed by atoms with Crippen LogP contribution in [-0.4, -0.2) is 52.4 Å². The molecule has 2 fully saturated rings. The summed E-state index contributed by atoms with van der Waals surface area (Å²) >= 11 is 0. The Hall–Kier alpha value is -2.24. The average molecular weight is 441 g/mol. The molecule has 2 atom stereocenters. The SMILES string of the molecule is CC1CCCCC(c2cc3c(N4CCN(C(=O)OC(C)(C)C)CC4)ccnn3c2)CCC1. The maximum absolute atomic E-state index is 12.4. The number of hydrogen-bond donors (Lipinski definition) is 0. The fourth-order valence-electron chi connectivity index (χ4n) is 5.19. The number of fused-ring (bicyclic) bond motifs is 1. The highest BCUT2D eigenvalue weighted by atomic mass is 16.6. The lowest BCUT2D eigenvalue weighted by molar-refractivity contribution is 0.0240. The summed E-state index contributed by atoms with van der Waals surface area (Å²) in [5.41, 5.74) is 3.38. The summed E-state index contributed by atoms with van der Waals surface area (Å²) in [5, 5.41) is 4.61. The number of hydrogen-bond acceptors (Lipinski definition) is 4. The van der Waals surface area contributed by atoms with E-state index < -0.39 is 5.60 Å². The third kappa shape index (κ3) is 5.57. The van der Waals surface area contributed by atoms with Gasteiger partial charge in [0.25, 0.3) is 0 Å². The van der Waals surface area contributed by atoms with E-state index in [-0.39, 0.29) is 6.09 Å². The molecule has 0 bridgehead atoms. The fraction of sp³-hybridized carbons (Fsp3) is 0.692. The number of carbonyl (C=O) groups is 1. The van der Waals surface area contributed by atoms with E-state index in [0.29, 0.717) is 19.0 Å². The molecule has 1 saturated carbocycles. The van der Waals surface area contributed by atoms with Crippen molar-refractivity contribution in [3.63, 3.8) is 0 Å². The number of rotatable bonds is 2. The first-order chi connectivity index (χ1) is 15.3. The van der Waals surface area contributed by atoms with Crippen LogP contribution in [0.15, 0.2) is 24.5 Å². The highest BCUT2D eigenvalue weighted by Gasteiger charge is 2.27. The first-order valence-corrected chi connectivity index (χ1v) is 12.5. The quantitative estimate of drug-likeness (QED) is 0.587. The van der Waals surface area contributed by atoms with Crippen molar-refractivity contribution in [3.8, 4) is 0 Å². The van der Waals surface area contributed by atoms with Crippen LogP contribution in [0.2, 0.25) is 0 Å². The maximum atomic E-state index is 12.4. The molecule has 0 spiro atoms. The van der Waals surface area contributed by atoms with Gasteiger partial charge in [0.2, 0.25) is 0 Å². The van der Waals surface area contributed by atoms with E-state index in [1.165, 1.54) is 61.7 Å². The van der Waals surface area contributed by atoms with Crippen molar-refractivity contribution in [2.45, 2.75) is 84.2 Å². The summed E-state index contributed by atoms with van der Waals surface area (Å²) in [5.74, 6) is 1.51. The number of anilines is 1. The monoisotopic (exact) mass is 440 g/mol. The van der Waals surface area contributed by atoms with Gasteiger partial charge in [-0.05, 0) is 63.1 Å². The molecule has 4 rings (SSSR count). The van der Waals surface area contributed by atoms with Crippen LogP contribution >= 0.6 is 0 Å². The van der Waals surface area contributed by atoms with Gasteiger partial charge in [0.15, 0.2) is 0 Å². The summed E-state index contributed by atoms with van der Waals surface area (Å²) in [6.45, 7) is 11.1. The minimum absolute atomic E-state index is 0.212. The molecule has 1 amide bonds. The zero-order valence-corrected chi connectivity index (χ0v) is 20.3. The minimum Gasteiger partial charge on any atom is -0.444 e. The fourth-order valence-corrected chi connectivity index (χ4v) is 5.19. The van der Waals surface area contributed by atoms with E-state index >= 15 is 0 Å². The highest BCUT2D eigenvalue weighted by Crippen LogP contribution is 2.34. The van der Waals surface area contributed by atoms with Gasteiger partial charge in [-0.2, -0.15) is 5.10 Å². The molecular formula is C26H40N4O2.